The van der Waals surface area contributed by atoms with Crippen LogP contribution in [0, 0.1) is 0 Å². The van der Waals surface area contributed by atoms with Crippen LogP contribution < -0.4 is 0 Å². The predicted molar refractivity (Wildman–Crippen MR) is 88.9 cm³/mol. The highest BCUT2D eigenvalue weighted by molar-refractivity contribution is 8.12. The first kappa shape index (κ1) is 18.7. The van der Waals surface area contributed by atoms with E-state index in [1.165, 1.54) is 18.7 Å². The second-order valence-corrected chi connectivity index (χ2v) is 7.34. The molecule has 0 radical (unpaired) electrons. The monoisotopic (exact) mass is 288 g/mol. The van der Waals surface area contributed by atoms with Crippen molar-refractivity contribution in [1.82, 2.24) is 9.21 Å². The first-order valence-corrected chi connectivity index (χ1v) is 8.52. The maximum atomic E-state index is 10.9. The lowest BCUT2D eigenvalue weighted by atomic mass is 10.3. The Morgan fingerprint density at radius 1 is 1.11 bits per heavy atom. The molecule has 2 aliphatic rings. The van der Waals surface area contributed by atoms with Crippen molar-refractivity contribution in [3.05, 3.63) is 0 Å². The van der Waals surface area contributed by atoms with E-state index in [1.54, 1.807) is 0 Å². The SMILES string of the molecule is C.C=S1CCCN1C(C)C.CC(C)N1CCCC1=O. The minimum absolute atomic E-state index is 0. The lowest BCUT2D eigenvalue weighted by molar-refractivity contribution is -0.129. The minimum Gasteiger partial charge on any atom is -0.340 e. The molecule has 0 N–H and O–H groups in total. The fourth-order valence-electron chi connectivity index (χ4n) is 2.40. The van der Waals surface area contributed by atoms with E-state index in [0.717, 1.165) is 19.4 Å². The average molecular weight is 289 g/mol. The van der Waals surface area contributed by atoms with Crippen molar-refractivity contribution in [2.24, 2.45) is 0 Å². The van der Waals surface area contributed by atoms with E-state index in [9.17, 15) is 4.79 Å². The Balaban J connectivity index is 0.000000324. The van der Waals surface area contributed by atoms with Crippen LogP contribution in [-0.4, -0.2) is 51.9 Å². The van der Waals surface area contributed by atoms with Crippen LogP contribution in [0.3, 0.4) is 0 Å². The summed E-state index contributed by atoms with van der Waals surface area (Å²) in [6.07, 6.45) is 3.17. The second kappa shape index (κ2) is 8.75. The zero-order valence-corrected chi connectivity index (χ0v) is 13.1. The average Bonchev–Trinajstić information content (AvgIpc) is 2.87. The van der Waals surface area contributed by atoms with Crippen LogP contribution in [0.1, 0.15) is 54.4 Å². The summed E-state index contributed by atoms with van der Waals surface area (Å²) in [5, 5.41) is 0. The largest absolute Gasteiger partial charge is 0.340 e. The number of amides is 1. The third kappa shape index (κ3) is 5.65. The summed E-state index contributed by atoms with van der Waals surface area (Å²) in [6, 6.07) is 1.10. The van der Waals surface area contributed by atoms with Crippen LogP contribution >= 0.6 is 10.7 Å². The molecule has 0 saturated carbocycles. The number of nitrogens with zero attached hydrogens (tertiary/aromatic N) is 2. The smallest absolute Gasteiger partial charge is 0.222 e. The van der Waals surface area contributed by atoms with Gasteiger partial charge in [-0.2, -0.15) is 0 Å². The summed E-state index contributed by atoms with van der Waals surface area (Å²) in [4.78, 5) is 12.9. The van der Waals surface area contributed by atoms with Crippen molar-refractivity contribution in [3.8, 4) is 0 Å². The van der Waals surface area contributed by atoms with Gasteiger partial charge in [-0.3, -0.25) is 9.10 Å². The van der Waals surface area contributed by atoms with Gasteiger partial charge in [0.25, 0.3) is 0 Å². The van der Waals surface area contributed by atoms with Gasteiger partial charge in [0.15, 0.2) is 0 Å². The number of carbonyl (C=O) groups is 1. The van der Waals surface area contributed by atoms with Gasteiger partial charge in [-0.25, -0.2) is 0 Å². The molecular weight excluding hydrogens is 256 g/mol. The minimum atomic E-state index is 0. The molecule has 2 heterocycles. The Hall–Kier alpha value is -0.350. The third-order valence-electron chi connectivity index (χ3n) is 3.40. The van der Waals surface area contributed by atoms with E-state index < -0.39 is 0 Å². The number of hydrogen-bond donors (Lipinski definition) is 0. The normalized spacial score (nSPS) is 23.6. The van der Waals surface area contributed by atoms with Gasteiger partial charge < -0.3 is 4.90 Å². The molecule has 4 heteroatoms. The van der Waals surface area contributed by atoms with Gasteiger partial charge in [-0.1, -0.05) is 13.3 Å². The third-order valence-corrected chi connectivity index (χ3v) is 5.43. The maximum absolute atomic E-state index is 10.9. The number of rotatable bonds is 2. The quantitative estimate of drug-likeness (QED) is 0.727. The van der Waals surface area contributed by atoms with Gasteiger partial charge in [0.05, 0.1) is 0 Å². The number of hydrogen-bond acceptors (Lipinski definition) is 2. The Bertz CT molecular complexity index is 273. The topological polar surface area (TPSA) is 23.6 Å². The molecule has 19 heavy (non-hydrogen) atoms. The molecule has 2 aliphatic heterocycles. The van der Waals surface area contributed by atoms with Crippen molar-refractivity contribution >= 4 is 22.4 Å². The molecule has 3 nitrogen and oxygen atoms in total. The highest BCUT2D eigenvalue weighted by atomic mass is 32.2. The molecule has 0 aromatic heterocycles. The van der Waals surface area contributed by atoms with E-state index >= 15 is 0 Å². The second-order valence-electron chi connectivity index (χ2n) is 5.54. The predicted octanol–water partition coefficient (Wildman–Crippen LogP) is 3.37. The van der Waals surface area contributed by atoms with Crippen LogP contribution in [0.15, 0.2) is 0 Å². The van der Waals surface area contributed by atoms with Gasteiger partial charge in [-0.05, 0) is 40.5 Å². The molecule has 0 bridgehead atoms. The summed E-state index contributed by atoms with van der Waals surface area (Å²) < 4.78 is 2.49. The molecule has 2 saturated heterocycles. The van der Waals surface area contributed by atoms with Gasteiger partial charge in [0, 0.05) is 37.3 Å². The van der Waals surface area contributed by atoms with Crippen molar-refractivity contribution < 1.29 is 4.79 Å². The fraction of sp³-hybridized carbons (Fsp3) is 0.867. The zero-order valence-electron chi connectivity index (χ0n) is 12.3. The van der Waals surface area contributed by atoms with E-state index in [1.807, 2.05) is 4.90 Å². The summed E-state index contributed by atoms with van der Waals surface area (Å²) >= 11 is 0. The van der Waals surface area contributed by atoms with Crippen molar-refractivity contribution in [2.75, 3.05) is 18.8 Å². The summed E-state index contributed by atoms with van der Waals surface area (Å²) in [5.74, 6) is 5.74. The molecule has 0 aliphatic carbocycles. The lowest BCUT2D eigenvalue weighted by Gasteiger charge is -2.21. The fourth-order valence-corrected chi connectivity index (χ4v) is 4.09. The highest BCUT2D eigenvalue weighted by Crippen LogP contribution is 2.27. The lowest BCUT2D eigenvalue weighted by Crippen LogP contribution is -2.31. The maximum Gasteiger partial charge on any atom is 0.222 e. The van der Waals surface area contributed by atoms with Crippen LogP contribution in [0.4, 0.5) is 0 Å². The van der Waals surface area contributed by atoms with Crippen molar-refractivity contribution in [3.63, 3.8) is 0 Å². The van der Waals surface area contributed by atoms with E-state index in [-0.39, 0.29) is 7.43 Å². The molecule has 0 spiro atoms. The summed E-state index contributed by atoms with van der Waals surface area (Å²) in [7, 11) is 0.343. The van der Waals surface area contributed by atoms with Crippen LogP contribution in [0.5, 0.6) is 0 Å². The van der Waals surface area contributed by atoms with Crippen LogP contribution in [0.2, 0.25) is 0 Å². The zero-order chi connectivity index (χ0) is 13.7. The molecule has 1 atom stereocenters. The Morgan fingerprint density at radius 2 is 1.74 bits per heavy atom. The molecule has 2 rings (SSSR count). The van der Waals surface area contributed by atoms with Crippen LogP contribution in [0.25, 0.3) is 0 Å². The number of carbonyl (C=O) groups excluding carboxylic acids is 1. The first-order chi connectivity index (χ1) is 8.43. The molecule has 114 valence electrons. The van der Waals surface area contributed by atoms with Crippen molar-refractivity contribution in [1.29, 1.82) is 0 Å². The molecule has 1 unspecified atom stereocenters. The first-order valence-electron chi connectivity index (χ1n) is 7.00. The van der Waals surface area contributed by atoms with E-state index in [2.05, 4.69) is 37.9 Å². The van der Waals surface area contributed by atoms with Crippen molar-refractivity contribution in [2.45, 2.75) is 66.5 Å². The Morgan fingerprint density at radius 3 is 1.95 bits per heavy atom. The summed E-state index contributed by atoms with van der Waals surface area (Å²) in [5.41, 5.74) is 0. The standard InChI is InChI=1S/C7H13NO.C7H15NS.CH4/c1-6(2)8-5-3-4-7(8)9;1-7(2)8-5-4-6-9(8)3;/h6H,3-5H2,1-2H3;7H,3-6H2,1-2H3;1H4. The molecular formula is C15H32N2OS. The Labute approximate surface area is 122 Å². The van der Waals surface area contributed by atoms with E-state index in [4.69, 9.17) is 0 Å². The number of likely N-dealkylation sites (tertiary alicyclic amines) is 1. The molecule has 0 aromatic rings. The highest BCUT2D eigenvalue weighted by Gasteiger charge is 2.21. The van der Waals surface area contributed by atoms with Gasteiger partial charge in [0.1, 0.15) is 0 Å². The molecule has 1 amide bonds. The van der Waals surface area contributed by atoms with Gasteiger partial charge in [-0.15, -0.1) is 10.7 Å². The molecule has 0 aromatic carbocycles. The Kier molecular flexibility index (Phi) is 8.59. The molecule has 2 fully saturated rings. The van der Waals surface area contributed by atoms with E-state index in [0.29, 0.717) is 28.7 Å². The van der Waals surface area contributed by atoms with Crippen LogP contribution in [-0.2, 0) is 4.79 Å². The van der Waals surface area contributed by atoms with Gasteiger partial charge >= 0.3 is 0 Å². The van der Waals surface area contributed by atoms with Gasteiger partial charge in [0.2, 0.25) is 5.91 Å². The summed E-state index contributed by atoms with van der Waals surface area (Å²) in [6.45, 7) is 10.8.